The number of nitrogens with two attached hydrogens (primary N) is 1. The van der Waals surface area contributed by atoms with Crippen LogP contribution in [-0.2, 0) is 24.7 Å². The first-order valence-corrected chi connectivity index (χ1v) is 11.6. The Morgan fingerprint density at radius 3 is 1.25 bits per heavy atom. The lowest BCUT2D eigenvalue weighted by molar-refractivity contribution is 0.416. The van der Waals surface area contributed by atoms with Crippen LogP contribution in [0.3, 0.4) is 0 Å². The van der Waals surface area contributed by atoms with Crippen LogP contribution in [0.4, 0.5) is 5.69 Å². The average molecular weight is 481 g/mol. The molecule has 0 aromatic heterocycles. The zero-order valence-electron chi connectivity index (χ0n) is 17.6. The Bertz CT molecular complexity index is 1090. The standard InChI is InChI=1S/C28H24Cl3N/c29-24-7-1-4-20(14-24)17-28(23-10-12-27(32)13-11-23,18-21-5-2-8-25(30)15-21)19-22-6-3-9-26(31)16-22/h1-16H,17-19,32H2. The summed E-state index contributed by atoms with van der Waals surface area (Å²) in [5.41, 5.74) is 11.3. The molecule has 0 bridgehead atoms. The second-order valence-corrected chi connectivity index (χ2v) is 9.63. The van der Waals surface area contributed by atoms with Crippen molar-refractivity contribution in [2.45, 2.75) is 24.7 Å². The highest BCUT2D eigenvalue weighted by molar-refractivity contribution is 6.31. The molecule has 162 valence electrons. The molecule has 0 saturated carbocycles. The van der Waals surface area contributed by atoms with Crippen LogP contribution >= 0.6 is 34.8 Å². The number of hydrogen-bond donors (Lipinski definition) is 1. The van der Waals surface area contributed by atoms with Gasteiger partial charge in [-0.1, -0.05) is 83.3 Å². The topological polar surface area (TPSA) is 26.0 Å². The van der Waals surface area contributed by atoms with Gasteiger partial charge >= 0.3 is 0 Å². The Balaban J connectivity index is 1.87. The Kier molecular flexibility index (Phi) is 7.10. The summed E-state index contributed by atoms with van der Waals surface area (Å²) in [6.45, 7) is 0. The van der Waals surface area contributed by atoms with Crippen LogP contribution in [0, 0.1) is 0 Å². The SMILES string of the molecule is Nc1ccc(C(Cc2cccc(Cl)c2)(Cc2cccc(Cl)c2)Cc2cccc(Cl)c2)cc1. The van der Waals surface area contributed by atoms with Crippen molar-refractivity contribution in [1.29, 1.82) is 0 Å². The van der Waals surface area contributed by atoms with Gasteiger partial charge in [-0.25, -0.2) is 0 Å². The van der Waals surface area contributed by atoms with Gasteiger partial charge in [0.15, 0.2) is 0 Å². The Morgan fingerprint density at radius 1 is 0.531 bits per heavy atom. The van der Waals surface area contributed by atoms with Gasteiger partial charge in [-0.2, -0.15) is 0 Å². The van der Waals surface area contributed by atoms with Crippen LogP contribution in [0.15, 0.2) is 97.1 Å². The zero-order valence-corrected chi connectivity index (χ0v) is 19.8. The molecule has 4 heteroatoms. The number of hydrogen-bond acceptors (Lipinski definition) is 1. The molecule has 2 N–H and O–H groups in total. The first-order chi connectivity index (χ1) is 15.4. The van der Waals surface area contributed by atoms with Crippen LogP contribution < -0.4 is 5.73 Å². The molecule has 0 radical (unpaired) electrons. The van der Waals surface area contributed by atoms with Crippen molar-refractivity contribution < 1.29 is 0 Å². The van der Waals surface area contributed by atoms with Crippen LogP contribution in [0.2, 0.25) is 15.1 Å². The van der Waals surface area contributed by atoms with E-state index in [4.69, 9.17) is 40.5 Å². The van der Waals surface area contributed by atoms with E-state index in [1.165, 1.54) is 22.3 Å². The summed E-state index contributed by atoms with van der Waals surface area (Å²) in [5.74, 6) is 0. The van der Waals surface area contributed by atoms with Gasteiger partial charge in [0, 0.05) is 26.2 Å². The fraction of sp³-hybridized carbons (Fsp3) is 0.143. The summed E-state index contributed by atoms with van der Waals surface area (Å²) >= 11 is 19.1. The van der Waals surface area contributed by atoms with Crippen molar-refractivity contribution in [3.63, 3.8) is 0 Å². The van der Waals surface area contributed by atoms with Crippen LogP contribution in [0.5, 0.6) is 0 Å². The highest BCUT2D eigenvalue weighted by Gasteiger charge is 2.33. The lowest BCUT2D eigenvalue weighted by Crippen LogP contribution is -2.34. The van der Waals surface area contributed by atoms with Gasteiger partial charge in [0.25, 0.3) is 0 Å². The molecule has 4 rings (SSSR count). The van der Waals surface area contributed by atoms with Gasteiger partial charge in [0.2, 0.25) is 0 Å². The maximum atomic E-state index is 6.35. The van der Waals surface area contributed by atoms with Gasteiger partial charge in [-0.3, -0.25) is 0 Å². The van der Waals surface area contributed by atoms with Crippen LogP contribution in [0.25, 0.3) is 0 Å². The van der Waals surface area contributed by atoms with E-state index < -0.39 is 0 Å². The molecule has 1 nitrogen and oxygen atoms in total. The third-order valence-electron chi connectivity index (χ3n) is 5.82. The lowest BCUT2D eigenvalue weighted by Gasteiger charge is -2.36. The number of anilines is 1. The van der Waals surface area contributed by atoms with Crippen molar-refractivity contribution in [3.05, 3.63) is 134 Å². The minimum absolute atomic E-state index is 0.256. The van der Waals surface area contributed by atoms with Gasteiger partial charge in [0.1, 0.15) is 0 Å². The maximum absolute atomic E-state index is 6.35. The van der Waals surface area contributed by atoms with E-state index in [9.17, 15) is 0 Å². The van der Waals surface area contributed by atoms with Crippen molar-refractivity contribution in [3.8, 4) is 0 Å². The van der Waals surface area contributed by atoms with Gasteiger partial charge in [-0.15, -0.1) is 0 Å². The summed E-state index contributed by atoms with van der Waals surface area (Å²) in [6.07, 6.45) is 2.41. The van der Waals surface area contributed by atoms with E-state index in [1.807, 2.05) is 66.7 Å². The lowest BCUT2D eigenvalue weighted by atomic mass is 9.68. The summed E-state index contributed by atoms with van der Waals surface area (Å²) in [5, 5.41) is 2.21. The molecule has 0 fully saturated rings. The van der Waals surface area contributed by atoms with Gasteiger partial charge < -0.3 is 5.73 Å². The van der Waals surface area contributed by atoms with E-state index in [1.54, 1.807) is 0 Å². The van der Waals surface area contributed by atoms with Crippen molar-refractivity contribution in [1.82, 2.24) is 0 Å². The van der Waals surface area contributed by atoms with E-state index in [-0.39, 0.29) is 5.41 Å². The number of rotatable bonds is 7. The second kappa shape index (κ2) is 10.0. The molecular formula is C28H24Cl3N. The quantitative estimate of drug-likeness (QED) is 0.265. The van der Waals surface area contributed by atoms with E-state index in [0.29, 0.717) is 0 Å². The van der Waals surface area contributed by atoms with Crippen molar-refractivity contribution in [2.24, 2.45) is 0 Å². The fourth-order valence-corrected chi connectivity index (χ4v) is 5.08. The highest BCUT2D eigenvalue weighted by atomic mass is 35.5. The normalized spacial score (nSPS) is 11.5. The molecule has 0 aliphatic carbocycles. The highest BCUT2D eigenvalue weighted by Crippen LogP contribution is 2.38. The summed E-state index contributed by atoms with van der Waals surface area (Å²) < 4.78 is 0. The number of nitrogen functional groups attached to an aromatic ring is 1. The predicted octanol–water partition coefficient (Wildman–Crippen LogP) is 8.19. The molecule has 32 heavy (non-hydrogen) atoms. The summed E-state index contributed by atoms with van der Waals surface area (Å²) in [4.78, 5) is 0. The summed E-state index contributed by atoms with van der Waals surface area (Å²) in [7, 11) is 0. The van der Waals surface area contributed by atoms with Crippen molar-refractivity contribution >= 4 is 40.5 Å². The minimum atomic E-state index is -0.256. The van der Waals surface area contributed by atoms with Crippen molar-refractivity contribution in [2.75, 3.05) is 5.73 Å². The number of benzene rings is 4. The summed E-state index contributed by atoms with van der Waals surface area (Å²) in [6, 6.07) is 32.5. The Labute approximate surface area is 204 Å². The van der Waals surface area contributed by atoms with Gasteiger partial charge in [0.05, 0.1) is 0 Å². The minimum Gasteiger partial charge on any atom is -0.399 e. The molecule has 0 amide bonds. The molecule has 0 saturated heterocycles. The Hall–Kier alpha value is -2.45. The van der Waals surface area contributed by atoms with E-state index in [0.717, 1.165) is 40.0 Å². The maximum Gasteiger partial charge on any atom is 0.0408 e. The zero-order chi connectivity index (χ0) is 22.6. The largest absolute Gasteiger partial charge is 0.399 e. The molecule has 0 aliphatic heterocycles. The van der Waals surface area contributed by atoms with Crippen LogP contribution in [-0.4, -0.2) is 0 Å². The molecular weight excluding hydrogens is 457 g/mol. The molecule has 4 aromatic rings. The third-order valence-corrected chi connectivity index (χ3v) is 6.52. The molecule has 0 unspecified atom stereocenters. The average Bonchev–Trinajstić information content (AvgIpc) is 2.74. The predicted molar refractivity (Wildman–Crippen MR) is 138 cm³/mol. The van der Waals surface area contributed by atoms with Crippen LogP contribution in [0.1, 0.15) is 22.3 Å². The first-order valence-electron chi connectivity index (χ1n) is 10.5. The third kappa shape index (κ3) is 5.66. The molecule has 0 aliphatic rings. The van der Waals surface area contributed by atoms with E-state index in [2.05, 4.69) is 30.3 Å². The second-order valence-electron chi connectivity index (χ2n) is 8.32. The van der Waals surface area contributed by atoms with Gasteiger partial charge in [-0.05, 0) is 90.0 Å². The first kappa shape index (κ1) is 22.7. The molecule has 4 aromatic carbocycles. The molecule has 0 spiro atoms. The fourth-order valence-electron chi connectivity index (χ4n) is 4.44. The smallest absolute Gasteiger partial charge is 0.0408 e. The monoisotopic (exact) mass is 479 g/mol. The number of halogens is 3. The molecule has 0 heterocycles. The van der Waals surface area contributed by atoms with E-state index >= 15 is 0 Å². The Morgan fingerprint density at radius 2 is 0.906 bits per heavy atom. The molecule has 0 atom stereocenters.